The van der Waals surface area contributed by atoms with Crippen molar-refractivity contribution >= 4 is 11.8 Å². The zero-order valence-corrected chi connectivity index (χ0v) is 16.6. The van der Waals surface area contributed by atoms with E-state index in [0.29, 0.717) is 37.6 Å². The lowest BCUT2D eigenvalue weighted by atomic mass is 10.1. The molecule has 2 amide bonds. The van der Waals surface area contributed by atoms with E-state index in [-0.39, 0.29) is 18.2 Å². The van der Waals surface area contributed by atoms with E-state index in [1.54, 1.807) is 31.5 Å². The quantitative estimate of drug-likeness (QED) is 0.678. The number of hydrogen-bond acceptors (Lipinski definition) is 5. The molecular weight excluding hydrogens is 358 g/mol. The Kier molecular flexibility index (Phi) is 8.27. The van der Waals surface area contributed by atoms with E-state index in [9.17, 15) is 9.59 Å². The van der Waals surface area contributed by atoms with Crippen molar-refractivity contribution in [2.24, 2.45) is 0 Å². The van der Waals surface area contributed by atoms with Crippen LogP contribution in [-0.4, -0.2) is 49.0 Å². The van der Waals surface area contributed by atoms with Crippen molar-refractivity contribution in [1.29, 1.82) is 0 Å². The van der Waals surface area contributed by atoms with Gasteiger partial charge in [-0.15, -0.1) is 0 Å². The van der Waals surface area contributed by atoms with Gasteiger partial charge in [0, 0.05) is 45.4 Å². The molecule has 0 bridgehead atoms. The van der Waals surface area contributed by atoms with Gasteiger partial charge in [0.2, 0.25) is 11.8 Å². The zero-order valence-electron chi connectivity index (χ0n) is 16.6. The summed E-state index contributed by atoms with van der Waals surface area (Å²) in [6, 6.07) is 9.43. The maximum atomic E-state index is 12.1. The summed E-state index contributed by atoms with van der Waals surface area (Å²) < 4.78 is 10.5. The van der Waals surface area contributed by atoms with E-state index in [0.717, 1.165) is 11.1 Å². The number of carbonyl (C=O) groups excluding carboxylic acids is 2. The van der Waals surface area contributed by atoms with Gasteiger partial charge in [-0.25, -0.2) is 0 Å². The first kappa shape index (κ1) is 21.2. The molecule has 0 aliphatic heterocycles. The minimum absolute atomic E-state index is 0.0676. The lowest BCUT2D eigenvalue weighted by Gasteiger charge is -2.20. The maximum absolute atomic E-state index is 12.1. The number of amides is 2. The lowest BCUT2D eigenvalue weighted by Crippen LogP contribution is -2.34. The van der Waals surface area contributed by atoms with Crippen molar-refractivity contribution in [2.45, 2.75) is 26.3 Å². The van der Waals surface area contributed by atoms with Gasteiger partial charge in [0.15, 0.2) is 11.5 Å². The fraction of sp³-hybridized carbons (Fsp3) is 0.381. The highest BCUT2D eigenvalue weighted by Gasteiger charge is 2.12. The second-order valence-corrected chi connectivity index (χ2v) is 6.34. The molecule has 0 fully saturated rings. The SMILES string of the molecule is COc1ccc(CCNC(=O)CCN(Cc2cccnc2)C(C)=O)cc1OC. The van der Waals surface area contributed by atoms with Gasteiger partial charge in [-0.2, -0.15) is 0 Å². The van der Waals surface area contributed by atoms with Crippen molar-refractivity contribution in [1.82, 2.24) is 15.2 Å². The van der Waals surface area contributed by atoms with Crippen molar-refractivity contribution in [2.75, 3.05) is 27.3 Å². The Balaban J connectivity index is 1.77. The third-order valence-electron chi connectivity index (χ3n) is 4.33. The summed E-state index contributed by atoms with van der Waals surface area (Å²) in [4.78, 5) is 29.6. The molecule has 150 valence electrons. The van der Waals surface area contributed by atoms with Crippen LogP contribution in [-0.2, 0) is 22.6 Å². The molecule has 0 aliphatic carbocycles. The number of carbonyl (C=O) groups is 2. The molecule has 0 atom stereocenters. The second-order valence-electron chi connectivity index (χ2n) is 6.34. The highest BCUT2D eigenvalue weighted by Crippen LogP contribution is 2.27. The number of ether oxygens (including phenoxy) is 2. The largest absolute Gasteiger partial charge is 0.493 e. The normalized spacial score (nSPS) is 10.2. The molecule has 0 spiro atoms. The third kappa shape index (κ3) is 6.57. The predicted molar refractivity (Wildman–Crippen MR) is 106 cm³/mol. The predicted octanol–water partition coefficient (Wildman–Crippen LogP) is 2.20. The maximum Gasteiger partial charge on any atom is 0.221 e. The van der Waals surface area contributed by atoms with Crippen LogP contribution in [0.2, 0.25) is 0 Å². The van der Waals surface area contributed by atoms with Crippen LogP contribution in [0.4, 0.5) is 0 Å². The number of rotatable bonds is 10. The highest BCUT2D eigenvalue weighted by atomic mass is 16.5. The average molecular weight is 385 g/mol. The van der Waals surface area contributed by atoms with Crippen LogP contribution in [0, 0.1) is 0 Å². The number of hydrogen-bond donors (Lipinski definition) is 1. The van der Waals surface area contributed by atoms with Crippen LogP contribution in [0.3, 0.4) is 0 Å². The molecule has 28 heavy (non-hydrogen) atoms. The summed E-state index contributed by atoms with van der Waals surface area (Å²) in [6.45, 7) is 2.83. The molecule has 1 aromatic heterocycles. The van der Waals surface area contributed by atoms with E-state index >= 15 is 0 Å². The van der Waals surface area contributed by atoms with Crippen molar-refractivity contribution < 1.29 is 19.1 Å². The number of methoxy groups -OCH3 is 2. The van der Waals surface area contributed by atoms with E-state index in [1.807, 2.05) is 30.3 Å². The number of nitrogens with zero attached hydrogens (tertiary/aromatic N) is 2. The monoisotopic (exact) mass is 385 g/mol. The van der Waals surface area contributed by atoms with Gasteiger partial charge < -0.3 is 19.7 Å². The fourth-order valence-corrected chi connectivity index (χ4v) is 2.77. The molecule has 7 heteroatoms. The van der Waals surface area contributed by atoms with Crippen LogP contribution in [0.5, 0.6) is 11.5 Å². The van der Waals surface area contributed by atoms with Crippen LogP contribution in [0.1, 0.15) is 24.5 Å². The number of aromatic nitrogens is 1. The summed E-state index contributed by atoms with van der Waals surface area (Å²) >= 11 is 0. The first-order valence-electron chi connectivity index (χ1n) is 9.15. The summed E-state index contributed by atoms with van der Waals surface area (Å²) in [5.41, 5.74) is 1.98. The molecule has 0 unspecified atom stereocenters. The van der Waals surface area contributed by atoms with Crippen LogP contribution in [0.15, 0.2) is 42.7 Å². The molecule has 0 saturated heterocycles. The van der Waals surface area contributed by atoms with Crippen LogP contribution in [0.25, 0.3) is 0 Å². The molecule has 0 saturated carbocycles. The smallest absolute Gasteiger partial charge is 0.221 e. The number of benzene rings is 1. The van der Waals surface area contributed by atoms with Crippen molar-refractivity contribution in [3.8, 4) is 11.5 Å². The van der Waals surface area contributed by atoms with Gasteiger partial charge in [0.25, 0.3) is 0 Å². The average Bonchev–Trinajstić information content (AvgIpc) is 2.71. The Morgan fingerprint density at radius 1 is 1.11 bits per heavy atom. The summed E-state index contributed by atoms with van der Waals surface area (Å²) in [6.07, 6.45) is 4.34. The summed E-state index contributed by atoms with van der Waals surface area (Å²) in [5, 5.41) is 2.89. The van der Waals surface area contributed by atoms with Crippen molar-refractivity contribution in [3.05, 3.63) is 53.9 Å². The second kappa shape index (κ2) is 10.9. The van der Waals surface area contributed by atoms with E-state index in [4.69, 9.17) is 9.47 Å². The molecular formula is C21H27N3O4. The molecule has 1 aromatic carbocycles. The molecule has 0 radical (unpaired) electrons. The Morgan fingerprint density at radius 2 is 1.89 bits per heavy atom. The number of pyridine rings is 1. The molecule has 2 aromatic rings. The van der Waals surface area contributed by atoms with Crippen molar-refractivity contribution in [3.63, 3.8) is 0 Å². The van der Waals surface area contributed by atoms with E-state index in [2.05, 4.69) is 10.3 Å². The molecule has 7 nitrogen and oxygen atoms in total. The minimum atomic E-state index is -0.0853. The van der Waals surface area contributed by atoms with Gasteiger partial charge >= 0.3 is 0 Å². The minimum Gasteiger partial charge on any atom is -0.493 e. The summed E-state index contributed by atoms with van der Waals surface area (Å²) in [5.74, 6) is 1.19. The fourth-order valence-electron chi connectivity index (χ4n) is 2.77. The highest BCUT2D eigenvalue weighted by molar-refractivity contribution is 5.78. The summed E-state index contributed by atoms with van der Waals surface area (Å²) in [7, 11) is 3.19. The van der Waals surface area contributed by atoms with E-state index in [1.165, 1.54) is 6.92 Å². The van der Waals surface area contributed by atoms with Crippen LogP contribution >= 0.6 is 0 Å². The van der Waals surface area contributed by atoms with Gasteiger partial charge in [-0.1, -0.05) is 12.1 Å². The first-order chi connectivity index (χ1) is 13.5. The Labute approximate surface area is 165 Å². The van der Waals surface area contributed by atoms with Gasteiger partial charge in [-0.05, 0) is 35.7 Å². The standard InChI is InChI=1S/C21H27N3O4/c1-16(25)24(15-18-5-4-10-22-14-18)12-9-21(26)23-11-8-17-6-7-19(27-2)20(13-17)28-3/h4-7,10,13-14H,8-9,11-12,15H2,1-3H3,(H,23,26). The van der Waals surface area contributed by atoms with Gasteiger partial charge in [0.05, 0.1) is 14.2 Å². The van der Waals surface area contributed by atoms with Gasteiger partial charge in [0.1, 0.15) is 0 Å². The third-order valence-corrected chi connectivity index (χ3v) is 4.33. The first-order valence-corrected chi connectivity index (χ1v) is 9.15. The zero-order chi connectivity index (χ0) is 20.4. The number of nitrogens with one attached hydrogen (secondary N) is 1. The topological polar surface area (TPSA) is 80.8 Å². The Morgan fingerprint density at radius 3 is 2.54 bits per heavy atom. The molecule has 1 heterocycles. The molecule has 2 rings (SSSR count). The lowest BCUT2D eigenvalue weighted by molar-refractivity contribution is -0.130. The molecule has 1 N–H and O–H groups in total. The van der Waals surface area contributed by atoms with E-state index < -0.39 is 0 Å². The Bertz CT molecular complexity index is 780. The van der Waals surface area contributed by atoms with Crippen LogP contribution < -0.4 is 14.8 Å². The Hall–Kier alpha value is -3.09. The molecule has 0 aliphatic rings. The van der Waals surface area contributed by atoms with Gasteiger partial charge in [-0.3, -0.25) is 14.6 Å².